The maximum absolute atomic E-state index is 14.3. The summed E-state index contributed by atoms with van der Waals surface area (Å²) in [6.45, 7) is 1.83. The molecule has 1 aliphatic heterocycles. The van der Waals surface area contributed by atoms with Gasteiger partial charge in [0.1, 0.15) is 4.75 Å². The molecular weight excluding hydrogens is 545 g/mol. The highest BCUT2D eigenvalue weighted by Gasteiger charge is 2.62. The van der Waals surface area contributed by atoms with Gasteiger partial charge < -0.3 is 10.4 Å². The number of nitrogens with one attached hydrogen (secondary N) is 1. The van der Waals surface area contributed by atoms with E-state index >= 15 is 0 Å². The van der Waals surface area contributed by atoms with Crippen molar-refractivity contribution in [2.45, 2.75) is 80.2 Å². The number of piperidine rings is 1. The summed E-state index contributed by atoms with van der Waals surface area (Å²) in [7, 11) is -3.59. The third-order valence-corrected chi connectivity index (χ3v) is 12.5. The fourth-order valence-electron chi connectivity index (χ4n) is 6.55. The number of carbonyl (C=O) groups is 2. The second-order valence-electron chi connectivity index (χ2n) is 11.3. The minimum atomic E-state index is -3.59. The van der Waals surface area contributed by atoms with Gasteiger partial charge in [0.25, 0.3) is 0 Å². The number of sulfone groups is 1. The van der Waals surface area contributed by atoms with Gasteiger partial charge in [0.15, 0.2) is 9.84 Å². The maximum atomic E-state index is 14.3. The van der Waals surface area contributed by atoms with E-state index in [1.54, 1.807) is 18.2 Å². The number of aliphatic carboxylic acids is 1. The molecule has 2 aromatic carbocycles. The molecule has 1 amide bonds. The normalized spacial score (nSPS) is 27.4. The number of benzene rings is 2. The second kappa shape index (κ2) is 10.1. The number of carboxylic acid groups (broad SMARTS) is 1. The molecule has 2 N–H and O–H groups in total. The van der Waals surface area contributed by atoms with E-state index in [-0.39, 0.29) is 35.8 Å². The van der Waals surface area contributed by atoms with Crippen molar-refractivity contribution in [3.63, 3.8) is 0 Å². The van der Waals surface area contributed by atoms with Gasteiger partial charge in [-0.1, -0.05) is 54.4 Å². The van der Waals surface area contributed by atoms with Crippen LogP contribution in [-0.2, 0) is 24.2 Å². The number of hydrogen-bond donors (Lipinski definition) is 2. The van der Waals surface area contributed by atoms with Crippen molar-refractivity contribution in [1.82, 2.24) is 5.32 Å². The SMILES string of the molecule is CC[C@@]1(CC(=O)O)C[C@H](c2cccc(Cl)c2)[C@H](C[C@@](c2ccc(Cl)cc2)(C2CC2)S(=O)(=O)C2CC2)NC1=O. The lowest BCUT2D eigenvalue weighted by molar-refractivity contribution is -0.148. The van der Waals surface area contributed by atoms with Gasteiger partial charge in [0.2, 0.25) is 5.91 Å². The van der Waals surface area contributed by atoms with E-state index in [0.717, 1.165) is 18.4 Å². The average Bonchev–Trinajstić information content (AvgIpc) is 3.76. The molecular formula is C29H33Cl2NO5S. The predicted molar refractivity (Wildman–Crippen MR) is 148 cm³/mol. The van der Waals surface area contributed by atoms with Crippen LogP contribution >= 0.6 is 23.2 Å². The van der Waals surface area contributed by atoms with Gasteiger partial charge in [0.05, 0.1) is 17.1 Å². The van der Waals surface area contributed by atoms with Crippen molar-refractivity contribution in [3.8, 4) is 0 Å². The summed E-state index contributed by atoms with van der Waals surface area (Å²) in [5, 5.41) is 13.5. The van der Waals surface area contributed by atoms with Gasteiger partial charge in [-0.3, -0.25) is 9.59 Å². The smallest absolute Gasteiger partial charge is 0.304 e. The third kappa shape index (κ3) is 4.86. The lowest BCUT2D eigenvalue weighted by Crippen LogP contribution is -2.57. The number of halogens is 2. The first-order valence-corrected chi connectivity index (χ1v) is 15.6. The number of carboxylic acids is 1. The van der Waals surface area contributed by atoms with E-state index in [1.165, 1.54) is 0 Å². The lowest BCUT2D eigenvalue weighted by Gasteiger charge is -2.47. The van der Waals surface area contributed by atoms with Gasteiger partial charge in [-0.05, 0) is 86.3 Å². The summed E-state index contributed by atoms with van der Waals surface area (Å²) >= 11 is 12.6. The van der Waals surface area contributed by atoms with Crippen LogP contribution in [0.25, 0.3) is 0 Å². The molecule has 6 nitrogen and oxygen atoms in total. The van der Waals surface area contributed by atoms with Crippen molar-refractivity contribution >= 4 is 44.9 Å². The zero-order chi connectivity index (χ0) is 27.3. The summed E-state index contributed by atoms with van der Waals surface area (Å²) in [6.07, 6.45) is 3.49. The van der Waals surface area contributed by atoms with Crippen molar-refractivity contribution in [2.75, 3.05) is 0 Å². The third-order valence-electron chi connectivity index (χ3n) is 8.90. The van der Waals surface area contributed by atoms with Crippen molar-refractivity contribution in [3.05, 3.63) is 69.7 Å². The van der Waals surface area contributed by atoms with Gasteiger partial charge in [-0.15, -0.1) is 0 Å². The number of carbonyl (C=O) groups excluding carboxylic acids is 1. The molecule has 3 aliphatic rings. The Morgan fingerprint density at radius 3 is 2.32 bits per heavy atom. The van der Waals surface area contributed by atoms with E-state index in [2.05, 4.69) is 5.32 Å². The van der Waals surface area contributed by atoms with Gasteiger partial charge in [-0.25, -0.2) is 8.42 Å². The van der Waals surface area contributed by atoms with Gasteiger partial charge in [0, 0.05) is 22.0 Å². The zero-order valence-electron chi connectivity index (χ0n) is 21.3. The molecule has 1 heterocycles. The highest BCUT2D eigenvalue weighted by molar-refractivity contribution is 7.93. The zero-order valence-corrected chi connectivity index (χ0v) is 23.7. The standard InChI is InChI=1S/C29H33Cl2NO5S/c1-2-28(17-26(33)34)15-24(18-4-3-5-22(31)14-18)25(32-27(28)35)16-29(19-6-7-19,38(36,37)23-12-13-23)20-8-10-21(30)11-9-20/h3-5,8-11,14,19,23-25H,2,6-7,12-13,15-17H2,1H3,(H,32,35)(H,33,34)/t24-,25+,28+,29+/m1/s1. The molecule has 2 saturated carbocycles. The Morgan fingerprint density at radius 2 is 1.76 bits per heavy atom. The van der Waals surface area contributed by atoms with Crippen LogP contribution in [0.5, 0.6) is 0 Å². The largest absolute Gasteiger partial charge is 0.481 e. The highest BCUT2D eigenvalue weighted by atomic mass is 35.5. The van der Waals surface area contributed by atoms with E-state index < -0.39 is 32.0 Å². The molecule has 204 valence electrons. The molecule has 1 saturated heterocycles. The van der Waals surface area contributed by atoms with Crippen LogP contribution in [0, 0.1) is 11.3 Å². The van der Waals surface area contributed by atoms with E-state index in [9.17, 15) is 23.1 Å². The summed E-state index contributed by atoms with van der Waals surface area (Å²) in [6, 6.07) is 14.0. The van der Waals surface area contributed by atoms with Crippen LogP contribution < -0.4 is 5.32 Å². The maximum Gasteiger partial charge on any atom is 0.304 e. The first-order valence-electron chi connectivity index (χ1n) is 13.3. The molecule has 9 heteroatoms. The predicted octanol–water partition coefficient (Wildman–Crippen LogP) is 6.11. The first kappa shape index (κ1) is 27.5. The quantitative estimate of drug-likeness (QED) is 0.355. The Kier molecular flexibility index (Phi) is 7.33. The molecule has 0 bridgehead atoms. The Balaban J connectivity index is 1.63. The second-order valence-corrected chi connectivity index (χ2v) is 14.6. The highest BCUT2D eigenvalue weighted by Crippen LogP contribution is 2.59. The Morgan fingerprint density at radius 1 is 1.08 bits per heavy atom. The molecule has 0 unspecified atom stereocenters. The van der Waals surface area contributed by atoms with Crippen LogP contribution in [-0.4, -0.2) is 36.7 Å². The van der Waals surface area contributed by atoms with Crippen LogP contribution in [0.3, 0.4) is 0 Å². The van der Waals surface area contributed by atoms with Gasteiger partial charge >= 0.3 is 5.97 Å². The summed E-state index contributed by atoms with van der Waals surface area (Å²) in [4.78, 5) is 25.4. The van der Waals surface area contributed by atoms with Crippen molar-refractivity contribution in [2.24, 2.45) is 11.3 Å². The lowest BCUT2D eigenvalue weighted by atomic mass is 9.65. The van der Waals surface area contributed by atoms with E-state index in [1.807, 2.05) is 37.3 Å². The van der Waals surface area contributed by atoms with E-state index in [0.29, 0.717) is 41.3 Å². The topological polar surface area (TPSA) is 101 Å². The minimum Gasteiger partial charge on any atom is -0.481 e. The van der Waals surface area contributed by atoms with Gasteiger partial charge in [-0.2, -0.15) is 0 Å². The number of rotatable bonds is 10. The van der Waals surface area contributed by atoms with Crippen LogP contribution in [0.1, 0.15) is 75.3 Å². The molecule has 0 spiro atoms. The van der Waals surface area contributed by atoms with Crippen LogP contribution in [0.4, 0.5) is 0 Å². The fraction of sp³-hybridized carbons (Fsp3) is 0.517. The molecule has 5 rings (SSSR count). The summed E-state index contributed by atoms with van der Waals surface area (Å²) < 4.78 is 27.5. The van der Waals surface area contributed by atoms with E-state index in [4.69, 9.17) is 23.2 Å². The Labute approximate surface area is 234 Å². The monoisotopic (exact) mass is 577 g/mol. The fourth-order valence-corrected chi connectivity index (χ4v) is 9.80. The molecule has 2 aromatic rings. The Bertz CT molecular complexity index is 1340. The molecule has 3 fully saturated rings. The van der Waals surface area contributed by atoms with Crippen molar-refractivity contribution < 1.29 is 23.1 Å². The number of hydrogen-bond acceptors (Lipinski definition) is 4. The first-order chi connectivity index (χ1) is 18.0. The average molecular weight is 579 g/mol. The van der Waals surface area contributed by atoms with Crippen molar-refractivity contribution in [1.29, 1.82) is 0 Å². The Hall–Kier alpha value is -2.09. The summed E-state index contributed by atoms with van der Waals surface area (Å²) in [5.41, 5.74) is 0.497. The molecule has 2 aliphatic carbocycles. The molecule has 0 radical (unpaired) electrons. The van der Waals surface area contributed by atoms with Crippen LogP contribution in [0.15, 0.2) is 48.5 Å². The minimum absolute atomic E-state index is 0.0527. The van der Waals surface area contributed by atoms with Crippen LogP contribution in [0.2, 0.25) is 10.0 Å². The molecule has 0 aromatic heterocycles. The number of amides is 1. The molecule has 38 heavy (non-hydrogen) atoms. The summed E-state index contributed by atoms with van der Waals surface area (Å²) in [5.74, 6) is -1.71. The molecule has 4 atom stereocenters.